The number of ether oxygens (including phenoxy) is 1. The fourth-order valence-corrected chi connectivity index (χ4v) is 1.20. The van der Waals surface area contributed by atoms with Gasteiger partial charge in [0, 0.05) is 5.56 Å². The average Bonchev–Trinajstić information content (AvgIpc) is 2.37. The lowest BCUT2D eigenvalue weighted by molar-refractivity contribution is -0.143. The van der Waals surface area contributed by atoms with E-state index in [0.29, 0.717) is 6.07 Å². The van der Waals surface area contributed by atoms with E-state index in [1.807, 2.05) is 0 Å². The Bertz CT molecular complexity index is 464. The topological polar surface area (TPSA) is 75.6 Å². The number of hydrogen-bond acceptors (Lipinski definition) is 4. The van der Waals surface area contributed by atoms with Gasteiger partial charge >= 0.3 is 5.97 Å². The number of aliphatic hydroxyl groups excluding tert-OH is 1. The van der Waals surface area contributed by atoms with Gasteiger partial charge in [0.2, 0.25) is 0 Å². The Balaban J connectivity index is 2.81. The molecule has 0 aliphatic carbocycles. The van der Waals surface area contributed by atoms with E-state index < -0.39 is 36.2 Å². The van der Waals surface area contributed by atoms with Gasteiger partial charge in [0.25, 0.3) is 5.91 Å². The van der Waals surface area contributed by atoms with E-state index in [0.717, 1.165) is 19.2 Å². The van der Waals surface area contributed by atoms with Crippen molar-refractivity contribution in [2.75, 3.05) is 13.7 Å². The monoisotopic (exact) mass is 259 g/mol. The highest BCUT2D eigenvalue weighted by atomic mass is 19.2. The lowest BCUT2D eigenvalue weighted by atomic mass is 10.2. The van der Waals surface area contributed by atoms with Gasteiger partial charge in [-0.2, -0.15) is 0 Å². The maximum atomic E-state index is 12.9. The fraction of sp³-hybridized carbons (Fsp3) is 0.273. The molecule has 0 aliphatic heterocycles. The van der Waals surface area contributed by atoms with Crippen molar-refractivity contribution in [3.63, 3.8) is 0 Å². The molecule has 5 nitrogen and oxygen atoms in total. The van der Waals surface area contributed by atoms with Crippen LogP contribution in [0, 0.1) is 11.6 Å². The molecule has 0 aliphatic rings. The van der Waals surface area contributed by atoms with E-state index in [1.54, 1.807) is 0 Å². The molecule has 98 valence electrons. The smallest absolute Gasteiger partial charge is 0.330 e. The summed E-state index contributed by atoms with van der Waals surface area (Å²) >= 11 is 0. The minimum atomic E-state index is -1.25. The molecule has 0 heterocycles. The summed E-state index contributed by atoms with van der Waals surface area (Å²) in [6, 6.07) is 1.28. The summed E-state index contributed by atoms with van der Waals surface area (Å²) < 4.78 is 29.9. The largest absolute Gasteiger partial charge is 0.467 e. The van der Waals surface area contributed by atoms with Crippen molar-refractivity contribution >= 4 is 11.9 Å². The second-order valence-corrected chi connectivity index (χ2v) is 3.36. The minimum Gasteiger partial charge on any atom is -0.467 e. The van der Waals surface area contributed by atoms with Gasteiger partial charge in [-0.05, 0) is 18.2 Å². The van der Waals surface area contributed by atoms with Crippen LogP contribution in [0.4, 0.5) is 8.78 Å². The Kier molecular flexibility index (Phi) is 4.73. The van der Waals surface area contributed by atoms with E-state index in [2.05, 4.69) is 10.1 Å². The summed E-state index contributed by atoms with van der Waals surface area (Å²) in [5.41, 5.74) is -0.170. The quantitative estimate of drug-likeness (QED) is 0.759. The maximum Gasteiger partial charge on any atom is 0.330 e. The Labute approximate surface area is 101 Å². The van der Waals surface area contributed by atoms with Gasteiger partial charge in [-0.25, -0.2) is 13.6 Å². The fourth-order valence-electron chi connectivity index (χ4n) is 1.20. The molecule has 1 aromatic rings. The minimum absolute atomic E-state index is 0.170. The van der Waals surface area contributed by atoms with Crippen LogP contribution in [0.25, 0.3) is 0 Å². The first-order valence-electron chi connectivity index (χ1n) is 4.94. The number of rotatable bonds is 4. The summed E-state index contributed by atoms with van der Waals surface area (Å²) in [5.74, 6) is -3.92. The van der Waals surface area contributed by atoms with Crippen LogP contribution in [0.1, 0.15) is 10.4 Å². The zero-order chi connectivity index (χ0) is 13.7. The van der Waals surface area contributed by atoms with Crippen LogP contribution < -0.4 is 5.32 Å². The van der Waals surface area contributed by atoms with Crippen molar-refractivity contribution in [1.82, 2.24) is 5.32 Å². The summed E-state index contributed by atoms with van der Waals surface area (Å²) in [4.78, 5) is 22.7. The number of aliphatic hydroxyl groups is 1. The van der Waals surface area contributed by atoms with Crippen LogP contribution in [-0.4, -0.2) is 36.7 Å². The van der Waals surface area contributed by atoms with Gasteiger partial charge < -0.3 is 15.2 Å². The summed E-state index contributed by atoms with van der Waals surface area (Å²) in [7, 11) is 1.09. The standard InChI is InChI=1S/C11H11F2NO4/c1-18-11(17)9(5-15)14-10(16)6-2-3-7(12)8(13)4-6/h2-4,9,15H,5H2,1H3,(H,14,16)/t9-/m1/s1. The number of carbonyl (C=O) groups is 2. The Morgan fingerprint density at radius 1 is 1.39 bits per heavy atom. The van der Waals surface area contributed by atoms with Crippen molar-refractivity contribution < 1.29 is 28.2 Å². The Morgan fingerprint density at radius 3 is 2.56 bits per heavy atom. The van der Waals surface area contributed by atoms with Crippen molar-refractivity contribution in [2.45, 2.75) is 6.04 Å². The molecule has 0 unspecified atom stereocenters. The molecule has 1 atom stereocenters. The highest BCUT2D eigenvalue weighted by Crippen LogP contribution is 2.08. The molecule has 18 heavy (non-hydrogen) atoms. The molecule has 0 fully saturated rings. The van der Waals surface area contributed by atoms with Crippen molar-refractivity contribution in [3.8, 4) is 0 Å². The molecule has 1 aromatic carbocycles. The third-order valence-electron chi connectivity index (χ3n) is 2.16. The van der Waals surface area contributed by atoms with Gasteiger partial charge in [-0.3, -0.25) is 4.79 Å². The Morgan fingerprint density at radius 2 is 2.06 bits per heavy atom. The number of hydrogen-bond donors (Lipinski definition) is 2. The number of amides is 1. The number of esters is 1. The molecule has 1 amide bonds. The van der Waals surface area contributed by atoms with Crippen LogP contribution in [0.2, 0.25) is 0 Å². The molecular formula is C11H11F2NO4. The number of halogens is 2. The van der Waals surface area contributed by atoms with Gasteiger partial charge in [-0.15, -0.1) is 0 Å². The third-order valence-corrected chi connectivity index (χ3v) is 2.16. The van der Waals surface area contributed by atoms with Gasteiger partial charge in [0.15, 0.2) is 17.7 Å². The highest BCUT2D eigenvalue weighted by molar-refractivity contribution is 5.96. The first-order valence-corrected chi connectivity index (χ1v) is 4.94. The summed E-state index contributed by atoms with van der Waals surface area (Å²) in [6.45, 7) is -0.665. The lowest BCUT2D eigenvalue weighted by Gasteiger charge is -2.13. The average molecular weight is 259 g/mol. The normalized spacial score (nSPS) is 11.8. The van der Waals surface area contributed by atoms with E-state index in [9.17, 15) is 18.4 Å². The van der Waals surface area contributed by atoms with E-state index in [4.69, 9.17) is 5.11 Å². The molecule has 0 saturated heterocycles. The molecule has 0 spiro atoms. The molecular weight excluding hydrogens is 248 g/mol. The number of nitrogens with one attached hydrogen (secondary N) is 1. The van der Waals surface area contributed by atoms with Crippen molar-refractivity contribution in [3.05, 3.63) is 35.4 Å². The van der Waals surface area contributed by atoms with Gasteiger partial charge in [0.05, 0.1) is 13.7 Å². The Hall–Kier alpha value is -2.02. The zero-order valence-corrected chi connectivity index (χ0v) is 9.44. The van der Waals surface area contributed by atoms with E-state index in [1.165, 1.54) is 0 Å². The van der Waals surface area contributed by atoms with Crippen molar-refractivity contribution in [1.29, 1.82) is 0 Å². The SMILES string of the molecule is COC(=O)[C@@H](CO)NC(=O)c1ccc(F)c(F)c1. The first kappa shape index (κ1) is 14.0. The summed E-state index contributed by atoms with van der Waals surface area (Å²) in [6.07, 6.45) is 0. The molecule has 0 saturated carbocycles. The zero-order valence-electron chi connectivity index (χ0n) is 9.44. The van der Waals surface area contributed by atoms with Crippen LogP contribution in [0.15, 0.2) is 18.2 Å². The van der Waals surface area contributed by atoms with Crippen LogP contribution in [-0.2, 0) is 9.53 Å². The second kappa shape index (κ2) is 6.06. The number of benzene rings is 1. The number of carbonyl (C=O) groups excluding carboxylic acids is 2. The first-order chi connectivity index (χ1) is 8.49. The number of methoxy groups -OCH3 is 1. The molecule has 0 bridgehead atoms. The van der Waals surface area contributed by atoms with Crippen LogP contribution >= 0.6 is 0 Å². The summed E-state index contributed by atoms with van der Waals surface area (Å²) in [5, 5.41) is 11.0. The van der Waals surface area contributed by atoms with Crippen LogP contribution in [0.5, 0.6) is 0 Å². The van der Waals surface area contributed by atoms with E-state index >= 15 is 0 Å². The van der Waals surface area contributed by atoms with Gasteiger partial charge in [0.1, 0.15) is 0 Å². The molecule has 1 rings (SSSR count). The maximum absolute atomic E-state index is 12.9. The lowest BCUT2D eigenvalue weighted by Crippen LogP contribution is -2.44. The van der Waals surface area contributed by atoms with E-state index in [-0.39, 0.29) is 5.56 Å². The molecule has 0 aromatic heterocycles. The molecule has 7 heteroatoms. The predicted molar refractivity (Wildman–Crippen MR) is 56.7 cm³/mol. The highest BCUT2D eigenvalue weighted by Gasteiger charge is 2.21. The molecule has 2 N–H and O–H groups in total. The van der Waals surface area contributed by atoms with Crippen molar-refractivity contribution in [2.24, 2.45) is 0 Å². The predicted octanol–water partition coefficient (Wildman–Crippen LogP) is 0.228. The third kappa shape index (κ3) is 3.24. The van der Waals surface area contributed by atoms with Gasteiger partial charge in [-0.1, -0.05) is 0 Å². The second-order valence-electron chi connectivity index (χ2n) is 3.36. The molecule has 0 radical (unpaired) electrons. The van der Waals surface area contributed by atoms with Crippen LogP contribution in [0.3, 0.4) is 0 Å².